The van der Waals surface area contributed by atoms with Crippen molar-refractivity contribution < 1.29 is 8.78 Å². The Morgan fingerprint density at radius 2 is 1.88 bits per heavy atom. The Hall–Kier alpha value is -0.440. The van der Waals surface area contributed by atoms with E-state index in [0.717, 1.165) is 6.42 Å². The van der Waals surface area contributed by atoms with Gasteiger partial charge < -0.3 is 0 Å². The molecule has 1 aliphatic rings. The Labute approximate surface area is 103 Å². The molecule has 1 aromatic rings. The van der Waals surface area contributed by atoms with Gasteiger partial charge in [0.15, 0.2) is 0 Å². The number of halogens is 3. The lowest BCUT2D eigenvalue weighted by Crippen LogP contribution is -2.11. The molecule has 2 atom stereocenters. The number of hydrogen-bond acceptors (Lipinski definition) is 0. The Morgan fingerprint density at radius 3 is 2.31 bits per heavy atom. The first-order valence-corrected chi connectivity index (χ1v) is 6.40. The van der Waals surface area contributed by atoms with Gasteiger partial charge in [0.1, 0.15) is 11.6 Å². The van der Waals surface area contributed by atoms with Gasteiger partial charge in [-0.25, -0.2) is 8.78 Å². The molecule has 2 unspecified atom stereocenters. The molecule has 0 nitrogen and oxygen atoms in total. The average molecular weight is 289 g/mol. The monoisotopic (exact) mass is 288 g/mol. The van der Waals surface area contributed by atoms with Crippen LogP contribution in [0.15, 0.2) is 18.2 Å². The zero-order valence-corrected chi connectivity index (χ0v) is 11.0. The van der Waals surface area contributed by atoms with Crippen molar-refractivity contribution >= 4 is 15.9 Å². The van der Waals surface area contributed by atoms with Crippen LogP contribution in [0.5, 0.6) is 0 Å². The van der Waals surface area contributed by atoms with Crippen molar-refractivity contribution in [2.75, 3.05) is 0 Å². The fraction of sp³-hybridized carbons (Fsp3) is 0.538. The second-order valence-electron chi connectivity index (χ2n) is 5.22. The smallest absolute Gasteiger partial charge is 0.129 e. The normalized spacial score (nSPS) is 24.2. The molecule has 0 spiro atoms. The van der Waals surface area contributed by atoms with Gasteiger partial charge in [0.2, 0.25) is 0 Å². The third-order valence-corrected chi connectivity index (χ3v) is 4.45. The first kappa shape index (κ1) is 12.0. The molecule has 0 heterocycles. The summed E-state index contributed by atoms with van der Waals surface area (Å²) in [5, 5.41) is 0. The highest BCUT2D eigenvalue weighted by molar-refractivity contribution is 9.09. The molecule has 1 aliphatic carbocycles. The zero-order chi connectivity index (χ0) is 11.9. The van der Waals surface area contributed by atoms with Crippen LogP contribution in [0.25, 0.3) is 0 Å². The van der Waals surface area contributed by atoms with Crippen LogP contribution in [-0.2, 0) is 6.42 Å². The Bertz CT molecular complexity index is 381. The van der Waals surface area contributed by atoms with Gasteiger partial charge in [0.25, 0.3) is 0 Å². The van der Waals surface area contributed by atoms with E-state index in [-0.39, 0.29) is 10.4 Å². The van der Waals surface area contributed by atoms with Crippen molar-refractivity contribution in [2.45, 2.75) is 31.5 Å². The molecular weight excluding hydrogens is 274 g/mol. The third-order valence-electron chi connectivity index (χ3n) is 3.49. The lowest BCUT2D eigenvalue weighted by Gasteiger charge is -2.12. The lowest BCUT2D eigenvalue weighted by molar-refractivity contribution is 0.518. The minimum absolute atomic E-state index is 0.161. The molecule has 16 heavy (non-hydrogen) atoms. The minimum atomic E-state index is -0.442. The van der Waals surface area contributed by atoms with E-state index in [9.17, 15) is 8.78 Å². The van der Waals surface area contributed by atoms with Crippen molar-refractivity contribution in [3.8, 4) is 0 Å². The van der Waals surface area contributed by atoms with E-state index in [1.165, 1.54) is 18.2 Å². The van der Waals surface area contributed by atoms with E-state index in [0.29, 0.717) is 17.8 Å². The van der Waals surface area contributed by atoms with Gasteiger partial charge in [0, 0.05) is 10.4 Å². The maximum Gasteiger partial charge on any atom is 0.129 e. The first-order chi connectivity index (χ1) is 7.42. The van der Waals surface area contributed by atoms with Crippen molar-refractivity contribution in [3.63, 3.8) is 0 Å². The molecule has 1 aromatic carbocycles. The van der Waals surface area contributed by atoms with Crippen molar-refractivity contribution in [2.24, 2.45) is 11.3 Å². The van der Waals surface area contributed by atoms with Gasteiger partial charge in [-0.05, 0) is 36.3 Å². The molecule has 0 bridgehead atoms. The minimum Gasteiger partial charge on any atom is -0.207 e. The topological polar surface area (TPSA) is 0 Å². The summed E-state index contributed by atoms with van der Waals surface area (Å²) in [4.78, 5) is 0.161. The first-order valence-electron chi connectivity index (χ1n) is 5.49. The van der Waals surface area contributed by atoms with Gasteiger partial charge in [-0.1, -0.05) is 35.8 Å². The molecule has 3 heteroatoms. The average Bonchev–Trinajstić information content (AvgIpc) is 2.82. The highest BCUT2D eigenvalue weighted by atomic mass is 79.9. The molecule has 0 aliphatic heterocycles. The summed E-state index contributed by atoms with van der Waals surface area (Å²) in [7, 11) is 0. The van der Waals surface area contributed by atoms with Crippen molar-refractivity contribution in [1.82, 2.24) is 0 Å². The van der Waals surface area contributed by atoms with Crippen LogP contribution in [0.3, 0.4) is 0 Å². The Kier molecular flexibility index (Phi) is 3.08. The van der Waals surface area contributed by atoms with E-state index >= 15 is 0 Å². The summed E-state index contributed by atoms with van der Waals surface area (Å²) in [5.74, 6) is -0.364. The van der Waals surface area contributed by atoms with Gasteiger partial charge in [0.05, 0.1) is 0 Å². The Morgan fingerprint density at radius 1 is 1.38 bits per heavy atom. The molecule has 2 rings (SSSR count). The predicted octanol–water partition coefficient (Wildman–Crippen LogP) is 4.32. The quantitative estimate of drug-likeness (QED) is 0.727. The predicted molar refractivity (Wildman–Crippen MR) is 64.7 cm³/mol. The molecule has 0 aromatic heterocycles. The highest BCUT2D eigenvalue weighted by Crippen LogP contribution is 2.56. The van der Waals surface area contributed by atoms with Gasteiger partial charge in [-0.3, -0.25) is 0 Å². The number of rotatable bonds is 3. The number of benzene rings is 1. The molecule has 1 fully saturated rings. The second-order valence-corrected chi connectivity index (χ2v) is 6.40. The SMILES string of the molecule is CC1(C)CC1C(Br)Cc1c(F)cccc1F. The standard InChI is InChI=1S/C13H15BrF2/c1-13(2)7-9(13)10(14)6-8-11(15)4-3-5-12(8)16/h3-5,9-10H,6-7H2,1-2H3. The van der Waals surface area contributed by atoms with Crippen LogP contribution in [-0.4, -0.2) is 4.83 Å². The van der Waals surface area contributed by atoms with E-state index in [4.69, 9.17) is 0 Å². The third kappa shape index (κ3) is 2.29. The second kappa shape index (κ2) is 4.10. The molecule has 0 radical (unpaired) electrons. The fourth-order valence-corrected chi connectivity index (χ4v) is 3.42. The van der Waals surface area contributed by atoms with Crippen LogP contribution >= 0.6 is 15.9 Å². The van der Waals surface area contributed by atoms with Gasteiger partial charge in [-0.15, -0.1) is 0 Å². The fourth-order valence-electron chi connectivity index (χ4n) is 2.19. The lowest BCUT2D eigenvalue weighted by atomic mass is 10.0. The van der Waals surface area contributed by atoms with Gasteiger partial charge in [-0.2, -0.15) is 0 Å². The molecule has 1 saturated carbocycles. The maximum atomic E-state index is 13.4. The summed E-state index contributed by atoms with van der Waals surface area (Å²) in [6.07, 6.45) is 1.55. The summed E-state index contributed by atoms with van der Waals surface area (Å²) < 4.78 is 26.9. The molecule has 88 valence electrons. The van der Waals surface area contributed by atoms with Gasteiger partial charge >= 0.3 is 0 Å². The summed E-state index contributed by atoms with van der Waals surface area (Å²) in [6.45, 7) is 4.37. The van der Waals surface area contributed by atoms with E-state index in [2.05, 4.69) is 29.8 Å². The van der Waals surface area contributed by atoms with Crippen LogP contribution < -0.4 is 0 Å². The maximum absolute atomic E-state index is 13.4. The summed E-state index contributed by atoms with van der Waals surface area (Å²) in [6, 6.07) is 4.03. The summed E-state index contributed by atoms with van der Waals surface area (Å²) >= 11 is 3.55. The van der Waals surface area contributed by atoms with E-state index in [1.54, 1.807) is 0 Å². The summed E-state index contributed by atoms with van der Waals surface area (Å²) in [5.41, 5.74) is 0.516. The number of alkyl halides is 1. The molecular formula is C13H15BrF2. The zero-order valence-electron chi connectivity index (χ0n) is 9.43. The Balaban J connectivity index is 2.10. The van der Waals surface area contributed by atoms with Crippen molar-refractivity contribution in [1.29, 1.82) is 0 Å². The largest absolute Gasteiger partial charge is 0.207 e. The van der Waals surface area contributed by atoms with E-state index in [1.807, 2.05) is 0 Å². The molecule has 0 amide bonds. The van der Waals surface area contributed by atoms with E-state index < -0.39 is 11.6 Å². The van der Waals surface area contributed by atoms with Crippen molar-refractivity contribution in [3.05, 3.63) is 35.4 Å². The molecule has 0 saturated heterocycles. The van der Waals surface area contributed by atoms with Crippen LogP contribution in [0, 0.1) is 23.0 Å². The number of hydrogen-bond donors (Lipinski definition) is 0. The van der Waals surface area contributed by atoms with Crippen LogP contribution in [0.2, 0.25) is 0 Å². The molecule has 0 N–H and O–H groups in total. The van der Waals surface area contributed by atoms with Crippen LogP contribution in [0.4, 0.5) is 8.78 Å². The van der Waals surface area contributed by atoms with Crippen LogP contribution in [0.1, 0.15) is 25.8 Å². The highest BCUT2D eigenvalue weighted by Gasteiger charge is 2.49.